The van der Waals surface area contributed by atoms with Gasteiger partial charge in [-0.05, 0) is 18.4 Å². The van der Waals surface area contributed by atoms with Crippen LogP contribution in [0.3, 0.4) is 0 Å². The monoisotopic (exact) mass is 332 g/mol. The maximum Gasteiger partial charge on any atom is 0.321 e. The first kappa shape index (κ1) is 19.9. The Balaban J connectivity index is 2.97. The predicted molar refractivity (Wildman–Crippen MR) is 94.6 cm³/mol. The van der Waals surface area contributed by atoms with E-state index in [0.717, 1.165) is 18.4 Å². The van der Waals surface area contributed by atoms with Crippen molar-refractivity contribution in [2.45, 2.75) is 44.9 Å². The van der Waals surface area contributed by atoms with Gasteiger partial charge >= 0.3 is 11.9 Å². The van der Waals surface area contributed by atoms with Crippen LogP contribution in [-0.2, 0) is 19.1 Å². The molecule has 0 radical (unpaired) electrons. The number of allylic oxidation sites excluding steroid dienone is 2. The third-order valence-electron chi connectivity index (χ3n) is 4.02. The molecule has 0 spiro atoms. The van der Waals surface area contributed by atoms with Crippen LogP contribution in [0.5, 0.6) is 0 Å². The van der Waals surface area contributed by atoms with E-state index in [0.29, 0.717) is 0 Å². The summed E-state index contributed by atoms with van der Waals surface area (Å²) in [5.74, 6) is -2.54. The van der Waals surface area contributed by atoms with Gasteiger partial charge in [0, 0.05) is 5.92 Å². The molecule has 1 aromatic rings. The van der Waals surface area contributed by atoms with Crippen molar-refractivity contribution in [3.63, 3.8) is 0 Å². The van der Waals surface area contributed by atoms with Crippen molar-refractivity contribution < 1.29 is 19.1 Å². The van der Waals surface area contributed by atoms with Gasteiger partial charge in [0.15, 0.2) is 5.92 Å². The summed E-state index contributed by atoms with van der Waals surface area (Å²) in [5, 5.41) is 0. The van der Waals surface area contributed by atoms with Gasteiger partial charge in [-0.2, -0.15) is 0 Å². The SMILES string of the molecule is CCCCCC/C=C/C(c1ccccc1)C(C(=O)OC)C(=O)OC. The minimum absolute atomic E-state index is 0.391. The summed E-state index contributed by atoms with van der Waals surface area (Å²) in [6.45, 7) is 2.18. The molecule has 0 heterocycles. The number of methoxy groups -OCH3 is 2. The van der Waals surface area contributed by atoms with Gasteiger partial charge in [0.05, 0.1) is 14.2 Å². The summed E-state index contributed by atoms with van der Waals surface area (Å²) in [7, 11) is 2.57. The number of rotatable bonds is 10. The zero-order valence-electron chi connectivity index (χ0n) is 14.9. The molecule has 1 unspecified atom stereocenters. The van der Waals surface area contributed by atoms with Gasteiger partial charge in [-0.15, -0.1) is 0 Å². The molecule has 0 amide bonds. The summed E-state index contributed by atoms with van der Waals surface area (Å²) in [5.41, 5.74) is 0.892. The third-order valence-corrected chi connectivity index (χ3v) is 4.02. The van der Waals surface area contributed by atoms with Crippen LogP contribution in [0.25, 0.3) is 0 Å². The molecule has 1 atom stereocenters. The Hall–Kier alpha value is -2.10. The van der Waals surface area contributed by atoms with E-state index in [9.17, 15) is 9.59 Å². The molecule has 1 rings (SSSR count). The number of benzene rings is 1. The lowest BCUT2D eigenvalue weighted by Gasteiger charge is -2.21. The number of hydrogen-bond donors (Lipinski definition) is 0. The van der Waals surface area contributed by atoms with Gasteiger partial charge in [0.1, 0.15) is 0 Å². The van der Waals surface area contributed by atoms with E-state index in [1.807, 2.05) is 42.5 Å². The van der Waals surface area contributed by atoms with Crippen LogP contribution < -0.4 is 0 Å². The van der Waals surface area contributed by atoms with E-state index in [2.05, 4.69) is 6.92 Å². The topological polar surface area (TPSA) is 52.6 Å². The Morgan fingerprint density at radius 1 is 1.00 bits per heavy atom. The van der Waals surface area contributed by atoms with Gasteiger partial charge in [0.25, 0.3) is 0 Å². The fraction of sp³-hybridized carbons (Fsp3) is 0.500. The molecule has 4 heteroatoms. The zero-order chi connectivity index (χ0) is 17.8. The molecule has 0 aliphatic rings. The molecule has 0 aliphatic carbocycles. The Morgan fingerprint density at radius 2 is 1.62 bits per heavy atom. The highest BCUT2D eigenvalue weighted by Crippen LogP contribution is 2.29. The highest BCUT2D eigenvalue weighted by molar-refractivity contribution is 5.96. The number of carbonyl (C=O) groups is 2. The second kappa shape index (κ2) is 11.4. The average molecular weight is 332 g/mol. The molecule has 0 saturated heterocycles. The molecule has 0 N–H and O–H groups in total. The molecule has 0 bridgehead atoms. The first-order valence-corrected chi connectivity index (χ1v) is 8.53. The number of hydrogen-bond acceptors (Lipinski definition) is 4. The fourth-order valence-electron chi connectivity index (χ4n) is 2.67. The average Bonchev–Trinajstić information content (AvgIpc) is 2.63. The Kier molecular flexibility index (Phi) is 9.51. The Morgan fingerprint density at radius 3 is 2.17 bits per heavy atom. The molecular formula is C20H28O4. The van der Waals surface area contributed by atoms with Crippen molar-refractivity contribution in [3.05, 3.63) is 48.0 Å². The zero-order valence-corrected chi connectivity index (χ0v) is 14.9. The minimum Gasteiger partial charge on any atom is -0.468 e. The number of carbonyl (C=O) groups excluding carboxylic acids is 2. The van der Waals surface area contributed by atoms with Crippen LogP contribution in [0.15, 0.2) is 42.5 Å². The Labute approximate surface area is 144 Å². The fourth-order valence-corrected chi connectivity index (χ4v) is 2.67. The van der Waals surface area contributed by atoms with E-state index in [-0.39, 0.29) is 0 Å². The van der Waals surface area contributed by atoms with Gasteiger partial charge in [-0.25, -0.2) is 0 Å². The van der Waals surface area contributed by atoms with Crippen molar-refractivity contribution in [3.8, 4) is 0 Å². The lowest BCUT2D eigenvalue weighted by Crippen LogP contribution is -2.31. The van der Waals surface area contributed by atoms with Crippen LogP contribution in [-0.4, -0.2) is 26.2 Å². The number of esters is 2. The normalized spacial score (nSPS) is 12.3. The van der Waals surface area contributed by atoms with Crippen LogP contribution in [0.1, 0.15) is 50.5 Å². The third kappa shape index (κ3) is 6.19. The van der Waals surface area contributed by atoms with Gasteiger partial charge < -0.3 is 9.47 Å². The van der Waals surface area contributed by atoms with Crippen molar-refractivity contribution in [1.29, 1.82) is 0 Å². The van der Waals surface area contributed by atoms with Crippen LogP contribution in [0, 0.1) is 5.92 Å². The Bertz CT molecular complexity index is 506. The van der Waals surface area contributed by atoms with Crippen molar-refractivity contribution in [1.82, 2.24) is 0 Å². The lowest BCUT2D eigenvalue weighted by molar-refractivity contribution is -0.159. The van der Waals surface area contributed by atoms with E-state index >= 15 is 0 Å². The van der Waals surface area contributed by atoms with Gasteiger partial charge in [0.2, 0.25) is 0 Å². The van der Waals surface area contributed by atoms with E-state index in [1.54, 1.807) is 0 Å². The maximum atomic E-state index is 12.1. The molecule has 24 heavy (non-hydrogen) atoms. The molecule has 4 nitrogen and oxygen atoms in total. The number of ether oxygens (including phenoxy) is 2. The van der Waals surface area contributed by atoms with E-state index < -0.39 is 23.8 Å². The lowest BCUT2D eigenvalue weighted by atomic mass is 9.85. The van der Waals surface area contributed by atoms with E-state index in [4.69, 9.17) is 9.47 Å². The van der Waals surface area contributed by atoms with Crippen molar-refractivity contribution in [2.75, 3.05) is 14.2 Å². The molecule has 0 aliphatic heterocycles. The van der Waals surface area contributed by atoms with Gasteiger partial charge in [-0.1, -0.05) is 68.7 Å². The summed E-state index contributed by atoms with van der Waals surface area (Å²) in [4.78, 5) is 24.3. The highest BCUT2D eigenvalue weighted by atomic mass is 16.5. The highest BCUT2D eigenvalue weighted by Gasteiger charge is 2.36. The molecule has 132 valence electrons. The quantitative estimate of drug-likeness (QED) is 0.278. The van der Waals surface area contributed by atoms with Crippen LogP contribution >= 0.6 is 0 Å². The molecule has 1 aromatic carbocycles. The van der Waals surface area contributed by atoms with Crippen molar-refractivity contribution in [2.24, 2.45) is 5.92 Å². The number of unbranched alkanes of at least 4 members (excludes halogenated alkanes) is 4. The maximum absolute atomic E-state index is 12.1. The smallest absolute Gasteiger partial charge is 0.321 e. The largest absolute Gasteiger partial charge is 0.468 e. The summed E-state index contributed by atoms with van der Waals surface area (Å²) in [6, 6.07) is 9.50. The second-order valence-electron chi connectivity index (χ2n) is 5.74. The van der Waals surface area contributed by atoms with Crippen LogP contribution in [0.2, 0.25) is 0 Å². The molecule has 0 aromatic heterocycles. The van der Waals surface area contributed by atoms with E-state index in [1.165, 1.54) is 33.5 Å². The first-order chi connectivity index (χ1) is 11.7. The summed E-state index contributed by atoms with van der Waals surface area (Å²) >= 11 is 0. The summed E-state index contributed by atoms with van der Waals surface area (Å²) < 4.78 is 9.65. The van der Waals surface area contributed by atoms with Gasteiger partial charge in [-0.3, -0.25) is 9.59 Å². The first-order valence-electron chi connectivity index (χ1n) is 8.53. The van der Waals surface area contributed by atoms with Crippen LogP contribution in [0.4, 0.5) is 0 Å². The molecular weight excluding hydrogens is 304 g/mol. The molecule has 0 fully saturated rings. The minimum atomic E-state index is -0.991. The summed E-state index contributed by atoms with van der Waals surface area (Å²) in [6.07, 6.45) is 9.62. The van der Waals surface area contributed by atoms with Crippen molar-refractivity contribution >= 4 is 11.9 Å². The molecule has 0 saturated carbocycles. The second-order valence-corrected chi connectivity index (χ2v) is 5.74. The standard InChI is InChI=1S/C20H28O4/c1-4-5-6-7-8-12-15-17(16-13-10-9-11-14-16)18(19(21)23-2)20(22)24-3/h9-15,17-18H,4-8H2,1-3H3/b15-12+. The predicted octanol–water partition coefficient (Wildman–Crippen LogP) is 4.26.